The van der Waals surface area contributed by atoms with E-state index in [1.54, 1.807) is 19.2 Å². The van der Waals surface area contributed by atoms with Crippen molar-refractivity contribution in [3.63, 3.8) is 0 Å². The Morgan fingerprint density at radius 3 is 2.94 bits per heavy atom. The summed E-state index contributed by atoms with van der Waals surface area (Å²) in [4.78, 5) is 13.6. The van der Waals surface area contributed by atoms with Crippen LogP contribution in [0.4, 0.5) is 0 Å². The summed E-state index contributed by atoms with van der Waals surface area (Å²) in [5.41, 5.74) is 2.39. The van der Waals surface area contributed by atoms with Gasteiger partial charge in [0.15, 0.2) is 0 Å². The lowest BCUT2D eigenvalue weighted by Gasteiger charge is -1.98. The van der Waals surface area contributed by atoms with E-state index in [-0.39, 0.29) is 0 Å². The van der Waals surface area contributed by atoms with Crippen LogP contribution in [0.1, 0.15) is 12.5 Å². The van der Waals surface area contributed by atoms with Gasteiger partial charge in [0.1, 0.15) is 0 Å². The maximum Gasteiger partial charge on any atom is 0.328 e. The molecule has 2 aromatic rings. The molecule has 0 aliphatic rings. The Labute approximate surface area is 97.4 Å². The third-order valence-electron chi connectivity index (χ3n) is 2.43. The van der Waals surface area contributed by atoms with Crippen LogP contribution >= 0.6 is 11.6 Å². The summed E-state index contributed by atoms with van der Waals surface area (Å²) in [6.07, 6.45) is 2.95. The van der Waals surface area contributed by atoms with E-state index in [4.69, 9.17) is 16.7 Å². The number of nitrogens with one attached hydrogen (secondary N) is 1. The highest BCUT2D eigenvalue weighted by atomic mass is 35.5. The van der Waals surface area contributed by atoms with Gasteiger partial charge in [0.2, 0.25) is 0 Å². The minimum Gasteiger partial charge on any atom is -0.478 e. The first-order chi connectivity index (χ1) is 7.59. The number of para-hydroxylation sites is 1. The number of carbonyl (C=O) groups is 1. The maximum atomic E-state index is 10.6. The highest BCUT2D eigenvalue weighted by Crippen LogP contribution is 2.29. The summed E-state index contributed by atoms with van der Waals surface area (Å²) >= 11 is 6.01. The van der Waals surface area contributed by atoms with Gasteiger partial charge in [0.25, 0.3) is 0 Å². The van der Waals surface area contributed by atoms with Crippen LogP contribution in [0.2, 0.25) is 5.02 Å². The van der Waals surface area contributed by atoms with Gasteiger partial charge in [-0.1, -0.05) is 23.7 Å². The summed E-state index contributed by atoms with van der Waals surface area (Å²) in [7, 11) is 0. The molecule has 1 aromatic carbocycles. The topological polar surface area (TPSA) is 53.1 Å². The van der Waals surface area contributed by atoms with Crippen LogP contribution in [0, 0.1) is 0 Å². The molecule has 0 radical (unpaired) electrons. The molecule has 4 heteroatoms. The predicted molar refractivity (Wildman–Crippen MR) is 64.6 cm³/mol. The van der Waals surface area contributed by atoms with E-state index in [0.717, 1.165) is 16.5 Å². The molecule has 1 aromatic heterocycles. The molecule has 0 saturated heterocycles. The monoisotopic (exact) mass is 235 g/mol. The summed E-state index contributed by atoms with van der Waals surface area (Å²) in [5, 5.41) is 10.3. The number of carboxylic acid groups (broad SMARTS) is 1. The Balaban J connectivity index is 2.63. The van der Waals surface area contributed by atoms with Crippen LogP contribution in [0.25, 0.3) is 16.5 Å². The van der Waals surface area contributed by atoms with Crippen molar-refractivity contribution < 1.29 is 9.90 Å². The lowest BCUT2D eigenvalue weighted by atomic mass is 10.1. The number of halogens is 1. The van der Waals surface area contributed by atoms with Crippen molar-refractivity contribution in [2.75, 3.05) is 0 Å². The van der Waals surface area contributed by atoms with Gasteiger partial charge in [-0.25, -0.2) is 4.79 Å². The molecular formula is C12H10ClNO2. The molecule has 0 fully saturated rings. The SMILES string of the molecule is C/C(=C\C(=O)O)c1c[nH]c2c(Cl)cccc12. The van der Waals surface area contributed by atoms with Crippen LogP contribution in [-0.2, 0) is 4.79 Å². The third-order valence-corrected chi connectivity index (χ3v) is 2.74. The number of rotatable bonds is 2. The molecule has 0 atom stereocenters. The highest BCUT2D eigenvalue weighted by Gasteiger charge is 2.08. The molecule has 82 valence electrons. The van der Waals surface area contributed by atoms with Crippen molar-refractivity contribution >= 4 is 34.0 Å². The van der Waals surface area contributed by atoms with Crippen LogP contribution < -0.4 is 0 Å². The zero-order chi connectivity index (χ0) is 11.7. The number of hydrogen-bond donors (Lipinski definition) is 2. The number of carboxylic acids is 1. The van der Waals surface area contributed by atoms with E-state index in [2.05, 4.69) is 4.98 Å². The molecular weight excluding hydrogens is 226 g/mol. The van der Waals surface area contributed by atoms with Gasteiger partial charge in [0, 0.05) is 23.2 Å². The van der Waals surface area contributed by atoms with Gasteiger partial charge in [0.05, 0.1) is 10.5 Å². The second kappa shape index (κ2) is 4.02. The van der Waals surface area contributed by atoms with Crippen molar-refractivity contribution in [1.82, 2.24) is 4.98 Å². The quantitative estimate of drug-likeness (QED) is 0.785. The van der Waals surface area contributed by atoms with Crippen molar-refractivity contribution in [3.05, 3.63) is 41.1 Å². The first-order valence-electron chi connectivity index (χ1n) is 4.77. The summed E-state index contributed by atoms with van der Waals surface area (Å²) < 4.78 is 0. The smallest absolute Gasteiger partial charge is 0.328 e. The van der Waals surface area contributed by atoms with E-state index >= 15 is 0 Å². The number of allylic oxidation sites excluding steroid dienone is 1. The zero-order valence-electron chi connectivity index (χ0n) is 8.62. The third kappa shape index (κ3) is 1.82. The minimum atomic E-state index is -0.950. The number of fused-ring (bicyclic) bond motifs is 1. The molecule has 3 nitrogen and oxygen atoms in total. The molecule has 0 saturated carbocycles. The largest absolute Gasteiger partial charge is 0.478 e. The molecule has 0 spiro atoms. The van der Waals surface area contributed by atoms with Crippen LogP contribution in [0.5, 0.6) is 0 Å². The lowest BCUT2D eigenvalue weighted by molar-refractivity contribution is -0.131. The summed E-state index contributed by atoms with van der Waals surface area (Å²) in [6.45, 7) is 1.76. The lowest BCUT2D eigenvalue weighted by Crippen LogP contribution is -1.89. The molecule has 0 unspecified atom stereocenters. The molecule has 0 aliphatic carbocycles. The highest BCUT2D eigenvalue weighted by molar-refractivity contribution is 6.35. The van der Waals surface area contributed by atoms with Crippen LogP contribution in [-0.4, -0.2) is 16.1 Å². The standard InChI is InChI=1S/C12H10ClNO2/c1-7(5-11(15)16)9-6-14-12-8(9)3-2-4-10(12)13/h2-6,14H,1H3,(H,15,16)/b7-5+. The Kier molecular flexibility index (Phi) is 2.71. The number of aromatic amines is 1. The minimum absolute atomic E-state index is 0.631. The molecule has 1 heterocycles. The molecule has 0 amide bonds. The Hall–Kier alpha value is -1.74. The molecule has 2 N–H and O–H groups in total. The van der Waals surface area contributed by atoms with E-state index in [1.165, 1.54) is 6.08 Å². The first kappa shape index (κ1) is 10.8. The Morgan fingerprint density at radius 1 is 1.50 bits per heavy atom. The summed E-state index contributed by atoms with van der Waals surface area (Å²) in [6, 6.07) is 5.54. The molecule has 0 aliphatic heterocycles. The number of hydrogen-bond acceptors (Lipinski definition) is 1. The summed E-state index contributed by atoms with van der Waals surface area (Å²) in [5.74, 6) is -0.950. The van der Waals surface area contributed by atoms with Gasteiger partial charge >= 0.3 is 5.97 Å². The second-order valence-electron chi connectivity index (χ2n) is 3.53. The fourth-order valence-corrected chi connectivity index (χ4v) is 1.94. The van der Waals surface area contributed by atoms with Gasteiger partial charge in [-0.15, -0.1) is 0 Å². The Morgan fingerprint density at radius 2 is 2.25 bits per heavy atom. The van der Waals surface area contributed by atoms with Crippen LogP contribution in [0.15, 0.2) is 30.5 Å². The fourth-order valence-electron chi connectivity index (χ4n) is 1.71. The van der Waals surface area contributed by atoms with Gasteiger partial charge in [-0.2, -0.15) is 0 Å². The van der Waals surface area contributed by atoms with Crippen LogP contribution in [0.3, 0.4) is 0 Å². The normalized spacial score (nSPS) is 12.0. The van der Waals surface area contributed by atoms with Gasteiger partial charge in [-0.05, 0) is 18.6 Å². The van der Waals surface area contributed by atoms with E-state index in [0.29, 0.717) is 10.6 Å². The van der Waals surface area contributed by atoms with E-state index < -0.39 is 5.97 Å². The Bertz CT molecular complexity index is 584. The zero-order valence-corrected chi connectivity index (χ0v) is 9.38. The molecule has 16 heavy (non-hydrogen) atoms. The van der Waals surface area contributed by atoms with Gasteiger partial charge in [-0.3, -0.25) is 0 Å². The van der Waals surface area contributed by atoms with Crippen molar-refractivity contribution in [3.8, 4) is 0 Å². The van der Waals surface area contributed by atoms with E-state index in [9.17, 15) is 4.79 Å². The van der Waals surface area contributed by atoms with Crippen molar-refractivity contribution in [2.24, 2.45) is 0 Å². The molecule has 0 bridgehead atoms. The second-order valence-corrected chi connectivity index (χ2v) is 3.94. The first-order valence-corrected chi connectivity index (χ1v) is 5.14. The molecule has 2 rings (SSSR count). The average Bonchev–Trinajstić information content (AvgIpc) is 2.61. The number of H-pyrrole nitrogens is 1. The average molecular weight is 236 g/mol. The predicted octanol–water partition coefficient (Wildman–Crippen LogP) is 3.31. The van der Waals surface area contributed by atoms with E-state index in [1.807, 2.05) is 12.1 Å². The van der Waals surface area contributed by atoms with Crippen molar-refractivity contribution in [1.29, 1.82) is 0 Å². The number of aliphatic carboxylic acids is 1. The number of benzene rings is 1. The fraction of sp³-hybridized carbons (Fsp3) is 0.0833. The van der Waals surface area contributed by atoms with Crippen molar-refractivity contribution in [2.45, 2.75) is 6.92 Å². The van der Waals surface area contributed by atoms with Gasteiger partial charge < -0.3 is 10.1 Å². The maximum absolute atomic E-state index is 10.6. The number of aromatic nitrogens is 1.